The first-order chi connectivity index (χ1) is 8.20. The third-order valence-electron chi connectivity index (χ3n) is 3.07. The Kier molecular flexibility index (Phi) is 7.94. The monoisotopic (exact) mass is 307 g/mol. The number of aliphatic hydroxyl groups excluding tert-OH is 1. The normalized spacial score (nSPS) is 17.1. The van der Waals surface area contributed by atoms with Crippen LogP contribution in [0.25, 0.3) is 0 Å². The van der Waals surface area contributed by atoms with E-state index in [2.05, 4.69) is 4.98 Å². The number of hydrogen-bond donors (Lipinski definition) is 2. The highest BCUT2D eigenvalue weighted by atomic mass is 35.5. The standard InChI is InChI=1S/C12H17N3O2.2ClH/c13-10(12(17)15-6-1-2-7-15)11(16)9-4-3-5-14-8-9;;/h3-5,8,10-11,16H,1-2,6-7,13H2;2*1H/t10-,11+;;/m1../s1. The number of nitrogens with two attached hydrogens (primary N) is 1. The van der Waals surface area contributed by atoms with E-state index in [4.69, 9.17) is 5.73 Å². The van der Waals surface area contributed by atoms with Crippen LogP contribution >= 0.6 is 24.8 Å². The Balaban J connectivity index is 0.00000162. The summed E-state index contributed by atoms with van der Waals surface area (Å²) in [4.78, 5) is 17.6. The molecule has 0 radical (unpaired) electrons. The molecule has 1 amide bonds. The van der Waals surface area contributed by atoms with Crippen LogP contribution in [0.2, 0.25) is 0 Å². The van der Waals surface area contributed by atoms with Crippen LogP contribution in [0.1, 0.15) is 24.5 Å². The van der Waals surface area contributed by atoms with Crippen LogP contribution in [0.15, 0.2) is 24.5 Å². The molecule has 7 heteroatoms. The summed E-state index contributed by atoms with van der Waals surface area (Å²) in [5, 5.41) is 10.0. The number of nitrogens with zero attached hydrogens (tertiary/aromatic N) is 2. The lowest BCUT2D eigenvalue weighted by Gasteiger charge is -2.23. The lowest BCUT2D eigenvalue weighted by Crippen LogP contribution is -2.45. The van der Waals surface area contributed by atoms with Gasteiger partial charge in [0.1, 0.15) is 12.1 Å². The van der Waals surface area contributed by atoms with Gasteiger partial charge in [-0.25, -0.2) is 0 Å². The van der Waals surface area contributed by atoms with Crippen molar-refractivity contribution in [1.29, 1.82) is 0 Å². The van der Waals surface area contributed by atoms with Crippen molar-refractivity contribution in [2.45, 2.75) is 25.0 Å². The van der Waals surface area contributed by atoms with E-state index in [1.807, 2.05) is 0 Å². The Morgan fingerprint density at radius 3 is 2.53 bits per heavy atom. The molecule has 1 saturated heterocycles. The molecule has 2 rings (SSSR count). The van der Waals surface area contributed by atoms with E-state index >= 15 is 0 Å². The Bertz CT molecular complexity index is 386. The Morgan fingerprint density at radius 2 is 2.00 bits per heavy atom. The summed E-state index contributed by atoms with van der Waals surface area (Å²) in [5.41, 5.74) is 6.38. The van der Waals surface area contributed by atoms with Gasteiger partial charge in [-0.2, -0.15) is 0 Å². The first-order valence-corrected chi connectivity index (χ1v) is 5.82. The molecule has 2 atom stereocenters. The molecule has 5 nitrogen and oxygen atoms in total. The van der Waals surface area contributed by atoms with Gasteiger partial charge < -0.3 is 15.7 Å². The molecule has 0 bridgehead atoms. The van der Waals surface area contributed by atoms with Crippen molar-refractivity contribution in [2.75, 3.05) is 13.1 Å². The van der Waals surface area contributed by atoms with Crippen molar-refractivity contribution >= 4 is 30.7 Å². The van der Waals surface area contributed by atoms with Gasteiger partial charge in [0, 0.05) is 31.0 Å². The van der Waals surface area contributed by atoms with Crippen molar-refractivity contribution in [3.05, 3.63) is 30.1 Å². The molecular weight excluding hydrogens is 289 g/mol. The molecule has 1 fully saturated rings. The van der Waals surface area contributed by atoms with Crippen LogP contribution < -0.4 is 5.73 Å². The number of amides is 1. The van der Waals surface area contributed by atoms with Crippen LogP contribution in [-0.2, 0) is 4.79 Å². The fourth-order valence-electron chi connectivity index (χ4n) is 2.04. The second kappa shape index (κ2) is 8.32. The van der Waals surface area contributed by atoms with Gasteiger partial charge in [0.2, 0.25) is 5.91 Å². The van der Waals surface area contributed by atoms with Crippen molar-refractivity contribution in [2.24, 2.45) is 5.73 Å². The number of pyridine rings is 1. The van der Waals surface area contributed by atoms with Crippen LogP contribution in [0.4, 0.5) is 0 Å². The van der Waals surface area contributed by atoms with E-state index in [0.717, 1.165) is 25.9 Å². The van der Waals surface area contributed by atoms with E-state index in [9.17, 15) is 9.90 Å². The molecule has 1 aromatic heterocycles. The number of likely N-dealkylation sites (tertiary alicyclic amines) is 1. The summed E-state index contributed by atoms with van der Waals surface area (Å²) in [6.07, 6.45) is 4.19. The first kappa shape index (κ1) is 18.1. The number of halogens is 2. The summed E-state index contributed by atoms with van der Waals surface area (Å²) in [7, 11) is 0. The molecule has 0 aromatic carbocycles. The smallest absolute Gasteiger partial charge is 0.242 e. The minimum atomic E-state index is -0.989. The Labute approximate surface area is 125 Å². The van der Waals surface area contributed by atoms with Gasteiger partial charge in [-0.05, 0) is 18.9 Å². The average Bonchev–Trinajstić information content (AvgIpc) is 2.91. The third-order valence-corrected chi connectivity index (χ3v) is 3.07. The van der Waals surface area contributed by atoms with E-state index < -0.39 is 12.1 Å². The summed E-state index contributed by atoms with van der Waals surface area (Å²) < 4.78 is 0. The van der Waals surface area contributed by atoms with E-state index in [1.165, 1.54) is 6.20 Å². The SMILES string of the molecule is Cl.Cl.N[C@@H](C(=O)N1CCCC1)[C@@H](O)c1cccnc1. The highest BCUT2D eigenvalue weighted by molar-refractivity contribution is 5.85. The van der Waals surface area contributed by atoms with Crippen LogP contribution in [-0.4, -0.2) is 40.0 Å². The van der Waals surface area contributed by atoms with Crippen molar-refractivity contribution in [1.82, 2.24) is 9.88 Å². The first-order valence-electron chi connectivity index (χ1n) is 5.82. The molecule has 108 valence electrons. The quantitative estimate of drug-likeness (QED) is 0.870. The maximum atomic E-state index is 12.0. The maximum Gasteiger partial charge on any atom is 0.242 e. The van der Waals surface area contributed by atoms with Crippen molar-refractivity contribution in [3.63, 3.8) is 0 Å². The number of carbonyl (C=O) groups excluding carboxylic acids is 1. The molecule has 0 unspecified atom stereocenters. The zero-order valence-electron chi connectivity index (χ0n) is 10.4. The highest BCUT2D eigenvalue weighted by Crippen LogP contribution is 2.17. The summed E-state index contributed by atoms with van der Waals surface area (Å²) in [6.45, 7) is 1.48. The lowest BCUT2D eigenvalue weighted by molar-refractivity contribution is -0.134. The van der Waals surface area contributed by atoms with E-state index in [0.29, 0.717) is 5.56 Å². The van der Waals surface area contributed by atoms with Gasteiger partial charge in [0.15, 0.2) is 0 Å². The number of aromatic nitrogens is 1. The van der Waals surface area contributed by atoms with Crippen molar-refractivity contribution in [3.8, 4) is 0 Å². The minimum absolute atomic E-state index is 0. The predicted octanol–water partition coefficient (Wildman–Crippen LogP) is 0.908. The summed E-state index contributed by atoms with van der Waals surface area (Å²) in [6, 6.07) is 2.53. The highest BCUT2D eigenvalue weighted by Gasteiger charge is 2.29. The molecule has 1 aliphatic heterocycles. The number of aliphatic hydroxyl groups is 1. The lowest BCUT2D eigenvalue weighted by atomic mass is 10.0. The molecule has 2 heterocycles. The molecular formula is C12H19Cl2N3O2. The largest absolute Gasteiger partial charge is 0.386 e. The van der Waals surface area contributed by atoms with Crippen LogP contribution in [0, 0.1) is 0 Å². The fraction of sp³-hybridized carbons (Fsp3) is 0.500. The van der Waals surface area contributed by atoms with Crippen LogP contribution in [0.3, 0.4) is 0 Å². The van der Waals surface area contributed by atoms with Gasteiger partial charge in [-0.1, -0.05) is 6.07 Å². The molecule has 0 spiro atoms. The summed E-state index contributed by atoms with van der Waals surface area (Å²) in [5.74, 6) is -0.182. The third kappa shape index (κ3) is 4.31. The topological polar surface area (TPSA) is 79.5 Å². The minimum Gasteiger partial charge on any atom is -0.386 e. The van der Waals surface area contributed by atoms with Crippen LogP contribution in [0.5, 0.6) is 0 Å². The maximum absolute atomic E-state index is 12.0. The Hall–Kier alpha value is -0.880. The summed E-state index contributed by atoms with van der Waals surface area (Å²) >= 11 is 0. The molecule has 3 N–H and O–H groups in total. The van der Waals surface area contributed by atoms with Gasteiger partial charge in [0.25, 0.3) is 0 Å². The van der Waals surface area contributed by atoms with Crippen molar-refractivity contribution < 1.29 is 9.90 Å². The predicted molar refractivity (Wildman–Crippen MR) is 77.5 cm³/mol. The van der Waals surface area contributed by atoms with Gasteiger partial charge in [-0.3, -0.25) is 9.78 Å². The zero-order chi connectivity index (χ0) is 12.3. The molecule has 1 aromatic rings. The second-order valence-corrected chi connectivity index (χ2v) is 4.29. The zero-order valence-corrected chi connectivity index (χ0v) is 12.1. The Morgan fingerprint density at radius 1 is 1.37 bits per heavy atom. The van der Waals surface area contributed by atoms with Gasteiger partial charge in [0.05, 0.1) is 0 Å². The fourth-order valence-corrected chi connectivity index (χ4v) is 2.04. The van der Waals surface area contributed by atoms with E-state index in [1.54, 1.807) is 23.2 Å². The molecule has 0 saturated carbocycles. The average molecular weight is 308 g/mol. The number of carbonyl (C=O) groups is 1. The van der Waals surface area contributed by atoms with E-state index in [-0.39, 0.29) is 30.7 Å². The molecule has 19 heavy (non-hydrogen) atoms. The number of rotatable bonds is 3. The number of hydrogen-bond acceptors (Lipinski definition) is 4. The van der Waals surface area contributed by atoms with Gasteiger partial charge in [-0.15, -0.1) is 24.8 Å². The molecule has 1 aliphatic rings. The second-order valence-electron chi connectivity index (χ2n) is 4.29. The molecule has 0 aliphatic carbocycles. The van der Waals surface area contributed by atoms with Gasteiger partial charge >= 0.3 is 0 Å².